The van der Waals surface area contributed by atoms with Gasteiger partial charge in [0.2, 0.25) is 0 Å². The Hall–Kier alpha value is -4.16. The molecule has 4 aliphatic heterocycles. The van der Waals surface area contributed by atoms with Crippen LogP contribution < -0.4 is 15.5 Å². The molecular formula is C30H27F2N7O2S. The molecule has 2 N–H and O–H groups in total. The highest BCUT2D eigenvalue weighted by atomic mass is 32.1. The van der Waals surface area contributed by atoms with Crippen LogP contribution in [0.15, 0.2) is 54.3 Å². The summed E-state index contributed by atoms with van der Waals surface area (Å²) in [4.78, 5) is 39.7. The Morgan fingerprint density at radius 1 is 1.14 bits per heavy atom. The van der Waals surface area contributed by atoms with Gasteiger partial charge in [0, 0.05) is 72.1 Å². The first-order valence-electron chi connectivity index (χ1n) is 14.0. The quantitative estimate of drug-likeness (QED) is 0.357. The monoisotopic (exact) mass is 587 g/mol. The number of carbonyl (C=O) groups excluding carboxylic acids is 2. The highest BCUT2D eigenvalue weighted by Crippen LogP contribution is 2.40. The number of hydrogen-bond acceptors (Lipinski definition) is 7. The molecule has 2 aromatic carbocycles. The lowest BCUT2D eigenvalue weighted by atomic mass is 9.74. The van der Waals surface area contributed by atoms with Crippen molar-refractivity contribution in [1.82, 2.24) is 24.8 Å². The number of amides is 2. The van der Waals surface area contributed by atoms with Gasteiger partial charge >= 0.3 is 0 Å². The molecule has 2 fully saturated rings. The molecule has 4 aromatic rings. The van der Waals surface area contributed by atoms with Crippen molar-refractivity contribution in [1.29, 1.82) is 0 Å². The minimum atomic E-state index is -1.18. The third-order valence-corrected chi connectivity index (χ3v) is 9.59. The van der Waals surface area contributed by atoms with Crippen LogP contribution in [0, 0.1) is 11.2 Å². The van der Waals surface area contributed by atoms with E-state index in [2.05, 4.69) is 25.5 Å². The number of imidazole rings is 1. The van der Waals surface area contributed by atoms with Crippen LogP contribution in [0.5, 0.6) is 0 Å². The van der Waals surface area contributed by atoms with Gasteiger partial charge in [-0.15, -0.1) is 11.3 Å². The van der Waals surface area contributed by atoms with Crippen molar-refractivity contribution < 1.29 is 18.4 Å². The normalized spacial score (nSPS) is 20.7. The maximum absolute atomic E-state index is 15.6. The number of hydrogen-bond donors (Lipinski definition) is 2. The molecule has 214 valence electrons. The highest BCUT2D eigenvalue weighted by Gasteiger charge is 2.47. The zero-order valence-electron chi connectivity index (χ0n) is 22.5. The largest absolute Gasteiger partial charge is 0.370 e. The zero-order chi connectivity index (χ0) is 28.6. The third kappa shape index (κ3) is 4.03. The molecular weight excluding hydrogens is 560 g/mol. The Bertz CT molecular complexity index is 1710. The molecule has 12 heteroatoms. The first-order valence-corrected chi connectivity index (χ1v) is 14.8. The lowest BCUT2D eigenvalue weighted by Gasteiger charge is -2.57. The summed E-state index contributed by atoms with van der Waals surface area (Å²) in [7, 11) is 0. The standard InChI is InChI=1S/C30H27F2N7O2S/c31-19-9-24-25(35-16-37(24)10-19)26(27(40)36-29-34-5-6-42-29)39-11-22-21(28(39)41)7-18(8-23(22)32)17-1-3-20(4-2-17)38-14-30(15-38)12-33-13-30/h1-8,16,19,26,33H,9-15H2,(H,34,36,40)/t19-,26?/m1/s1. The van der Waals surface area contributed by atoms with Gasteiger partial charge in [0.25, 0.3) is 11.8 Å². The summed E-state index contributed by atoms with van der Waals surface area (Å²) in [6.07, 6.45) is 2.05. The molecule has 0 aliphatic carbocycles. The Morgan fingerprint density at radius 3 is 2.67 bits per heavy atom. The number of carbonyl (C=O) groups is 2. The smallest absolute Gasteiger partial charge is 0.255 e. The second kappa shape index (κ2) is 9.43. The minimum absolute atomic E-state index is 0.0924. The van der Waals surface area contributed by atoms with Crippen molar-refractivity contribution in [3.8, 4) is 11.1 Å². The number of aromatic nitrogens is 3. The van der Waals surface area contributed by atoms with E-state index in [1.807, 2.05) is 24.3 Å². The maximum atomic E-state index is 15.6. The molecule has 8 rings (SSSR count). The summed E-state index contributed by atoms with van der Waals surface area (Å²) in [5, 5.41) is 8.19. The van der Waals surface area contributed by atoms with Crippen LogP contribution in [0.3, 0.4) is 0 Å². The molecule has 2 saturated heterocycles. The summed E-state index contributed by atoms with van der Waals surface area (Å²) in [6, 6.07) is 9.92. The van der Waals surface area contributed by atoms with Crippen molar-refractivity contribution in [2.45, 2.75) is 31.7 Å². The van der Waals surface area contributed by atoms with Gasteiger partial charge in [-0.25, -0.2) is 18.7 Å². The van der Waals surface area contributed by atoms with Crippen LogP contribution >= 0.6 is 11.3 Å². The van der Waals surface area contributed by atoms with E-state index in [-0.39, 0.29) is 30.6 Å². The maximum Gasteiger partial charge on any atom is 0.255 e. The molecule has 0 radical (unpaired) electrons. The van der Waals surface area contributed by atoms with Gasteiger partial charge in [-0.3, -0.25) is 14.9 Å². The molecule has 2 amide bonds. The van der Waals surface area contributed by atoms with Gasteiger partial charge < -0.3 is 19.7 Å². The van der Waals surface area contributed by atoms with E-state index in [9.17, 15) is 14.0 Å². The topological polar surface area (TPSA) is 95.4 Å². The number of rotatable bonds is 6. The van der Waals surface area contributed by atoms with Gasteiger partial charge in [-0.1, -0.05) is 12.1 Å². The Labute approximate surface area is 244 Å². The highest BCUT2D eigenvalue weighted by molar-refractivity contribution is 7.13. The van der Waals surface area contributed by atoms with E-state index in [0.717, 1.165) is 37.4 Å². The van der Waals surface area contributed by atoms with Crippen molar-refractivity contribution in [2.75, 3.05) is 36.4 Å². The summed E-state index contributed by atoms with van der Waals surface area (Å²) in [5.41, 5.74) is 4.22. The molecule has 4 aliphatic rings. The van der Waals surface area contributed by atoms with Crippen molar-refractivity contribution >= 4 is 34.0 Å². The predicted molar refractivity (Wildman–Crippen MR) is 154 cm³/mol. The van der Waals surface area contributed by atoms with Crippen molar-refractivity contribution in [3.05, 3.63) is 82.6 Å². The fourth-order valence-electron chi connectivity index (χ4n) is 6.66. The molecule has 0 bridgehead atoms. The van der Waals surface area contributed by atoms with Gasteiger partial charge in [-0.2, -0.15) is 0 Å². The zero-order valence-corrected chi connectivity index (χ0v) is 23.3. The number of thiazole rings is 1. The number of alkyl halides is 1. The molecule has 1 spiro atoms. The average molecular weight is 588 g/mol. The third-order valence-electron chi connectivity index (χ3n) is 8.90. The Balaban J connectivity index is 1.09. The second-order valence-corrected chi connectivity index (χ2v) is 12.6. The lowest BCUT2D eigenvalue weighted by Crippen LogP contribution is -2.71. The number of fused-ring (bicyclic) bond motifs is 2. The summed E-state index contributed by atoms with van der Waals surface area (Å²) in [5.74, 6) is -1.52. The average Bonchev–Trinajstić information content (AvgIpc) is 3.71. The number of anilines is 2. The van der Waals surface area contributed by atoms with Crippen LogP contribution in [0.1, 0.15) is 33.4 Å². The molecule has 2 aromatic heterocycles. The van der Waals surface area contributed by atoms with E-state index < -0.39 is 29.8 Å². The van der Waals surface area contributed by atoms with Gasteiger partial charge in [0.1, 0.15) is 12.0 Å². The Morgan fingerprint density at radius 2 is 1.95 bits per heavy atom. The van der Waals surface area contributed by atoms with Crippen molar-refractivity contribution in [3.63, 3.8) is 0 Å². The fraction of sp³-hybridized carbons (Fsp3) is 0.333. The number of nitrogens with one attached hydrogen (secondary N) is 2. The molecule has 9 nitrogen and oxygen atoms in total. The van der Waals surface area contributed by atoms with Crippen LogP contribution in [-0.4, -0.2) is 63.6 Å². The van der Waals surface area contributed by atoms with Crippen LogP contribution in [0.2, 0.25) is 0 Å². The van der Waals surface area contributed by atoms with E-state index in [0.29, 0.717) is 27.5 Å². The van der Waals surface area contributed by atoms with E-state index >= 15 is 4.39 Å². The SMILES string of the molecule is O=C(Nc1nccs1)C(c1ncn2c1C[C@@H](F)C2)N1Cc2c(F)cc(-c3ccc(N4CC5(CNC5)C4)cc3)cc2C1=O. The molecule has 2 atom stereocenters. The van der Waals surface area contributed by atoms with E-state index in [4.69, 9.17) is 0 Å². The lowest BCUT2D eigenvalue weighted by molar-refractivity contribution is -0.121. The van der Waals surface area contributed by atoms with Crippen LogP contribution in [-0.2, 0) is 24.3 Å². The molecule has 0 saturated carbocycles. The van der Waals surface area contributed by atoms with E-state index in [1.165, 1.54) is 28.6 Å². The second-order valence-electron chi connectivity index (χ2n) is 11.7. The Kier molecular flexibility index (Phi) is 5.73. The number of nitrogens with zero attached hydrogens (tertiary/aromatic N) is 5. The fourth-order valence-corrected chi connectivity index (χ4v) is 7.20. The summed E-state index contributed by atoms with van der Waals surface area (Å²) < 4.78 is 31.5. The molecule has 6 heterocycles. The number of benzene rings is 2. The summed E-state index contributed by atoms with van der Waals surface area (Å²) in [6.45, 7) is 4.22. The van der Waals surface area contributed by atoms with Gasteiger partial charge in [0.15, 0.2) is 11.2 Å². The summed E-state index contributed by atoms with van der Waals surface area (Å²) >= 11 is 1.24. The van der Waals surface area contributed by atoms with Gasteiger partial charge in [-0.05, 0) is 35.4 Å². The predicted octanol–water partition coefficient (Wildman–Crippen LogP) is 3.79. The van der Waals surface area contributed by atoms with Crippen molar-refractivity contribution in [2.24, 2.45) is 5.41 Å². The van der Waals surface area contributed by atoms with Crippen LogP contribution in [0.25, 0.3) is 11.1 Å². The first-order chi connectivity index (χ1) is 20.4. The van der Waals surface area contributed by atoms with Gasteiger partial charge in [0.05, 0.1) is 25.1 Å². The minimum Gasteiger partial charge on any atom is -0.370 e. The van der Waals surface area contributed by atoms with E-state index in [1.54, 1.807) is 22.2 Å². The first kappa shape index (κ1) is 25.5. The number of halogens is 2. The molecule has 1 unspecified atom stereocenters. The van der Waals surface area contributed by atoms with Crippen LogP contribution in [0.4, 0.5) is 19.6 Å². The molecule has 42 heavy (non-hydrogen) atoms.